The van der Waals surface area contributed by atoms with Gasteiger partial charge in [-0.2, -0.15) is 0 Å². The maximum Gasteiger partial charge on any atom is 0.227 e. The van der Waals surface area contributed by atoms with E-state index in [1.807, 2.05) is 12.1 Å². The third kappa shape index (κ3) is 3.66. The number of rotatable bonds is 3. The minimum Gasteiger partial charge on any atom is -0.372 e. The summed E-state index contributed by atoms with van der Waals surface area (Å²) >= 11 is 0. The van der Waals surface area contributed by atoms with Crippen LogP contribution in [0.15, 0.2) is 36.4 Å². The Hall–Kier alpha value is -1.77. The van der Waals surface area contributed by atoms with E-state index >= 15 is 0 Å². The van der Waals surface area contributed by atoms with Crippen LogP contribution in [0.4, 0.5) is 11.4 Å². The van der Waals surface area contributed by atoms with Crippen molar-refractivity contribution in [2.45, 2.75) is 38.5 Å². The van der Waals surface area contributed by atoms with Gasteiger partial charge in [-0.25, -0.2) is 0 Å². The van der Waals surface area contributed by atoms with Crippen molar-refractivity contribution in [1.82, 2.24) is 0 Å². The number of nitrogens with one attached hydrogen (secondary N) is 1. The van der Waals surface area contributed by atoms with Crippen molar-refractivity contribution in [3.63, 3.8) is 0 Å². The third-order valence-corrected chi connectivity index (χ3v) is 4.50. The number of allylic oxidation sites excluding steroid dienone is 2. The number of amides is 1. The first-order valence-electron chi connectivity index (χ1n) is 8.14. The Morgan fingerprint density at radius 2 is 1.81 bits per heavy atom. The second-order valence-corrected chi connectivity index (χ2v) is 6.07. The molecule has 2 aliphatic rings. The van der Waals surface area contributed by atoms with E-state index in [0.717, 1.165) is 38.0 Å². The van der Waals surface area contributed by atoms with Gasteiger partial charge in [0.25, 0.3) is 0 Å². The normalized spacial score (nSPS) is 22.1. The Morgan fingerprint density at radius 3 is 2.48 bits per heavy atom. The minimum absolute atomic E-state index is 0.136. The molecule has 1 aromatic rings. The number of piperidine rings is 1. The van der Waals surface area contributed by atoms with E-state index in [1.165, 1.54) is 24.9 Å². The minimum atomic E-state index is 0.136. The van der Waals surface area contributed by atoms with Gasteiger partial charge >= 0.3 is 0 Å². The first-order valence-corrected chi connectivity index (χ1v) is 8.14. The van der Waals surface area contributed by atoms with Crippen LogP contribution in [0.2, 0.25) is 0 Å². The first kappa shape index (κ1) is 14.2. The van der Waals surface area contributed by atoms with Crippen molar-refractivity contribution in [2.75, 3.05) is 23.3 Å². The van der Waals surface area contributed by atoms with Crippen molar-refractivity contribution in [3.05, 3.63) is 36.4 Å². The fourth-order valence-corrected chi connectivity index (χ4v) is 3.18. The van der Waals surface area contributed by atoms with Crippen LogP contribution in [0.3, 0.4) is 0 Å². The summed E-state index contributed by atoms with van der Waals surface area (Å²) in [7, 11) is 0. The lowest BCUT2D eigenvalue weighted by Gasteiger charge is -2.29. The summed E-state index contributed by atoms with van der Waals surface area (Å²) < 4.78 is 0. The molecule has 3 rings (SSSR count). The van der Waals surface area contributed by atoms with Crippen LogP contribution in [-0.4, -0.2) is 19.0 Å². The first-order chi connectivity index (χ1) is 10.3. The lowest BCUT2D eigenvalue weighted by atomic mass is 9.93. The molecule has 1 saturated heterocycles. The zero-order valence-corrected chi connectivity index (χ0v) is 12.6. The van der Waals surface area contributed by atoms with Gasteiger partial charge in [0.15, 0.2) is 0 Å². The Bertz CT molecular complexity index is 500. The predicted octanol–water partition coefficient (Wildman–Crippen LogP) is 3.97. The molecule has 0 aromatic heterocycles. The lowest BCUT2D eigenvalue weighted by Crippen LogP contribution is -2.29. The van der Waals surface area contributed by atoms with Crippen molar-refractivity contribution >= 4 is 17.3 Å². The van der Waals surface area contributed by atoms with Crippen LogP contribution in [0.5, 0.6) is 0 Å². The molecule has 1 aliphatic carbocycles. The van der Waals surface area contributed by atoms with E-state index in [-0.39, 0.29) is 11.8 Å². The molecule has 1 aromatic carbocycles. The van der Waals surface area contributed by atoms with Gasteiger partial charge in [-0.1, -0.05) is 12.2 Å². The van der Waals surface area contributed by atoms with Gasteiger partial charge in [0.05, 0.1) is 0 Å². The molecule has 1 N–H and O–H groups in total. The predicted molar refractivity (Wildman–Crippen MR) is 87.6 cm³/mol. The fourth-order valence-electron chi connectivity index (χ4n) is 3.18. The van der Waals surface area contributed by atoms with Gasteiger partial charge in [-0.3, -0.25) is 4.79 Å². The van der Waals surface area contributed by atoms with E-state index in [2.05, 4.69) is 34.5 Å². The molecule has 0 radical (unpaired) electrons. The van der Waals surface area contributed by atoms with Crippen LogP contribution in [0.25, 0.3) is 0 Å². The standard InChI is InChI=1S/C18H24N2O/c21-18(15-7-3-1-4-8-15)19-16-9-11-17(12-10-16)20-13-5-2-6-14-20/h1,3,9-12,15H,2,4-8,13-14H2,(H,19,21)/t15-/m1/s1. The number of benzene rings is 1. The van der Waals surface area contributed by atoms with E-state index in [1.54, 1.807) is 0 Å². The average molecular weight is 284 g/mol. The number of hydrogen-bond donors (Lipinski definition) is 1. The molecule has 1 amide bonds. The summed E-state index contributed by atoms with van der Waals surface area (Å²) in [6.07, 6.45) is 11.1. The van der Waals surface area contributed by atoms with Gasteiger partial charge in [0, 0.05) is 30.4 Å². The zero-order chi connectivity index (χ0) is 14.5. The monoisotopic (exact) mass is 284 g/mol. The number of nitrogens with zero attached hydrogens (tertiary/aromatic N) is 1. The van der Waals surface area contributed by atoms with Gasteiger partial charge < -0.3 is 10.2 Å². The SMILES string of the molecule is O=C(Nc1ccc(N2CCCCC2)cc1)[C@@H]1CC=CCC1. The molecule has 3 nitrogen and oxygen atoms in total. The Balaban J connectivity index is 1.58. The molecule has 0 spiro atoms. The molecule has 0 saturated carbocycles. The second-order valence-electron chi connectivity index (χ2n) is 6.07. The van der Waals surface area contributed by atoms with Gasteiger partial charge in [0.2, 0.25) is 5.91 Å². The largest absolute Gasteiger partial charge is 0.372 e. The molecule has 1 atom stereocenters. The zero-order valence-electron chi connectivity index (χ0n) is 12.6. The summed E-state index contributed by atoms with van der Waals surface area (Å²) in [6.45, 7) is 2.31. The van der Waals surface area contributed by atoms with Crippen LogP contribution >= 0.6 is 0 Å². The molecule has 21 heavy (non-hydrogen) atoms. The second kappa shape index (κ2) is 6.79. The van der Waals surface area contributed by atoms with E-state index in [4.69, 9.17) is 0 Å². The molecule has 0 bridgehead atoms. The topological polar surface area (TPSA) is 32.3 Å². The average Bonchev–Trinajstić information content (AvgIpc) is 2.57. The van der Waals surface area contributed by atoms with Gasteiger partial charge in [-0.05, 0) is 62.8 Å². The van der Waals surface area contributed by atoms with Crippen LogP contribution < -0.4 is 10.2 Å². The van der Waals surface area contributed by atoms with Crippen LogP contribution in [0, 0.1) is 5.92 Å². The van der Waals surface area contributed by atoms with E-state index in [9.17, 15) is 4.79 Å². The number of carbonyl (C=O) groups is 1. The highest BCUT2D eigenvalue weighted by Gasteiger charge is 2.18. The fraction of sp³-hybridized carbons (Fsp3) is 0.500. The van der Waals surface area contributed by atoms with Gasteiger partial charge in [-0.15, -0.1) is 0 Å². The van der Waals surface area contributed by atoms with Crippen LogP contribution in [-0.2, 0) is 4.79 Å². The Morgan fingerprint density at radius 1 is 1.05 bits per heavy atom. The highest BCUT2D eigenvalue weighted by molar-refractivity contribution is 5.92. The molecule has 112 valence electrons. The summed E-state index contributed by atoms with van der Waals surface area (Å²) in [5.74, 6) is 0.293. The van der Waals surface area contributed by atoms with E-state index in [0.29, 0.717) is 0 Å². The van der Waals surface area contributed by atoms with Crippen LogP contribution in [0.1, 0.15) is 38.5 Å². The van der Waals surface area contributed by atoms with Gasteiger partial charge in [0.1, 0.15) is 0 Å². The molecule has 3 heteroatoms. The molecule has 1 heterocycles. The highest BCUT2D eigenvalue weighted by atomic mass is 16.1. The third-order valence-electron chi connectivity index (χ3n) is 4.50. The smallest absolute Gasteiger partial charge is 0.227 e. The molecular weight excluding hydrogens is 260 g/mol. The number of anilines is 2. The lowest BCUT2D eigenvalue weighted by molar-refractivity contribution is -0.120. The molecule has 1 aliphatic heterocycles. The highest BCUT2D eigenvalue weighted by Crippen LogP contribution is 2.23. The Kier molecular flexibility index (Phi) is 4.59. The van der Waals surface area contributed by atoms with Crippen molar-refractivity contribution < 1.29 is 4.79 Å². The summed E-state index contributed by atoms with van der Waals surface area (Å²) in [4.78, 5) is 14.6. The number of hydrogen-bond acceptors (Lipinski definition) is 2. The summed E-state index contributed by atoms with van der Waals surface area (Å²) in [5.41, 5.74) is 2.18. The maximum absolute atomic E-state index is 12.2. The summed E-state index contributed by atoms with van der Waals surface area (Å²) in [5, 5.41) is 3.05. The summed E-state index contributed by atoms with van der Waals surface area (Å²) in [6, 6.07) is 8.31. The van der Waals surface area contributed by atoms with Crippen molar-refractivity contribution in [1.29, 1.82) is 0 Å². The van der Waals surface area contributed by atoms with E-state index < -0.39 is 0 Å². The molecule has 1 fully saturated rings. The van der Waals surface area contributed by atoms with Crippen molar-refractivity contribution in [3.8, 4) is 0 Å². The number of carbonyl (C=O) groups excluding carboxylic acids is 1. The quantitative estimate of drug-likeness (QED) is 0.852. The maximum atomic E-state index is 12.2. The molecular formula is C18H24N2O. The molecule has 0 unspecified atom stereocenters. The van der Waals surface area contributed by atoms with Crippen molar-refractivity contribution in [2.24, 2.45) is 5.92 Å². The Labute approximate surface area is 127 Å².